The molecule has 0 N–H and O–H groups in total. The van der Waals surface area contributed by atoms with Gasteiger partial charge in [-0.05, 0) is 24.2 Å². The van der Waals surface area contributed by atoms with Gasteiger partial charge in [0.2, 0.25) is 0 Å². The van der Waals surface area contributed by atoms with Gasteiger partial charge in [0.1, 0.15) is 11.2 Å². The van der Waals surface area contributed by atoms with Crippen LogP contribution in [-0.2, 0) is 0 Å². The highest BCUT2D eigenvalue weighted by molar-refractivity contribution is 6.13. The second-order valence-electron chi connectivity index (χ2n) is 11.4. The van der Waals surface area contributed by atoms with Crippen molar-refractivity contribution in [2.24, 2.45) is 0 Å². The molecule has 0 amide bonds. The Kier molecular flexibility index (Phi) is 4.12. The first-order valence-corrected chi connectivity index (χ1v) is 15.6. The molecule has 0 aliphatic heterocycles. The highest BCUT2D eigenvalue weighted by atomic mass is 16.3. The molecule has 7 aromatic carbocycles. The zero-order valence-corrected chi connectivity index (χ0v) is 25.9. The maximum Gasteiger partial charge on any atom is 0.166 e. The van der Waals surface area contributed by atoms with Gasteiger partial charge in [-0.3, -0.25) is 0 Å². The lowest BCUT2D eigenvalue weighted by molar-refractivity contribution is 0.670. The minimum Gasteiger partial charge on any atom is -0.455 e. The number of fused-ring (bicyclic) bond motifs is 6. The van der Waals surface area contributed by atoms with Crippen LogP contribution in [0.25, 0.3) is 94.7 Å². The molecule has 0 spiro atoms. The van der Waals surface area contributed by atoms with E-state index in [0.717, 1.165) is 12.1 Å². The molecule has 0 aliphatic carbocycles. The number of furan rings is 1. The molecule has 0 saturated heterocycles. The zero-order valence-electron chi connectivity index (χ0n) is 38.9. The molecule has 10 aromatic rings. The quantitative estimate of drug-likeness (QED) is 0.185. The lowest BCUT2D eigenvalue weighted by Crippen LogP contribution is -2.05. The maximum atomic E-state index is 9.48. The number of rotatable bonds is 5. The van der Waals surface area contributed by atoms with Crippen molar-refractivity contribution in [3.63, 3.8) is 0 Å². The minimum atomic E-state index is -0.592. The van der Waals surface area contributed by atoms with Gasteiger partial charge in [-0.25, -0.2) is 15.0 Å². The summed E-state index contributed by atoms with van der Waals surface area (Å²) >= 11 is 0. The largest absolute Gasteiger partial charge is 0.455 e. The monoisotopic (exact) mass is 653 g/mol. The van der Waals surface area contributed by atoms with E-state index >= 15 is 0 Å². The van der Waals surface area contributed by atoms with Crippen LogP contribution < -0.4 is 0 Å². The van der Waals surface area contributed by atoms with E-state index in [0.29, 0.717) is 11.1 Å². The summed E-state index contributed by atoms with van der Waals surface area (Å²) in [6.45, 7) is 0. The highest BCUT2D eigenvalue weighted by Crippen LogP contribution is 2.44. The van der Waals surface area contributed by atoms with Crippen molar-refractivity contribution in [3.05, 3.63) is 170 Å². The summed E-state index contributed by atoms with van der Waals surface area (Å²) in [5.74, 6) is 0.613. The molecule has 234 valence electrons. The first kappa shape index (κ1) is 18.1. The smallest absolute Gasteiger partial charge is 0.166 e. The Hall–Kier alpha value is -6.85. The Labute approximate surface area is 306 Å². The van der Waals surface area contributed by atoms with E-state index in [4.69, 9.17) is 33.1 Å². The fraction of sp³-hybridized carbons (Fsp3) is 0. The second-order valence-corrected chi connectivity index (χ2v) is 11.4. The Morgan fingerprint density at radius 2 is 1.02 bits per heavy atom. The van der Waals surface area contributed by atoms with E-state index in [1.807, 2.05) is 60.7 Å². The standard InChI is InChI=1S/C45H28N4O/c1-3-15-29(16-4-1)43-46-44(30-17-5-2-6-18-30)48-45(47-43)37-25-13-22-34(36-24-14-23-35-33-21-9-12-28-40(33)50-42(35)36)41(37)49-38-26-10-7-19-31(38)32-20-8-11-27-39(32)49/h1-28H/i7D,8D,9D,12D,14D,19D,20D,21D,23D,24D,26D,27D,28D. The minimum absolute atomic E-state index is 0.0249. The van der Waals surface area contributed by atoms with Gasteiger partial charge in [-0.1, -0.05) is 145 Å². The van der Waals surface area contributed by atoms with Crippen molar-refractivity contribution in [1.82, 2.24) is 19.5 Å². The number of para-hydroxylation sites is 5. The van der Waals surface area contributed by atoms with Crippen LogP contribution in [0.2, 0.25) is 0 Å². The lowest BCUT2D eigenvalue weighted by Gasteiger charge is -2.19. The number of nitrogens with zero attached hydrogens (tertiary/aromatic N) is 4. The average molecular weight is 654 g/mol. The van der Waals surface area contributed by atoms with Crippen LogP contribution in [0.4, 0.5) is 0 Å². The topological polar surface area (TPSA) is 56.7 Å². The van der Waals surface area contributed by atoms with Gasteiger partial charge >= 0.3 is 0 Å². The van der Waals surface area contributed by atoms with E-state index in [1.54, 1.807) is 18.2 Å². The third-order valence-corrected chi connectivity index (χ3v) is 8.53. The van der Waals surface area contributed by atoms with Crippen LogP contribution in [0.5, 0.6) is 0 Å². The fourth-order valence-corrected chi connectivity index (χ4v) is 6.35. The second kappa shape index (κ2) is 11.4. The molecule has 3 aromatic heterocycles. The van der Waals surface area contributed by atoms with Gasteiger partial charge in [0, 0.05) is 49.4 Å². The van der Waals surface area contributed by atoms with Crippen LogP contribution in [0.1, 0.15) is 17.8 Å². The van der Waals surface area contributed by atoms with E-state index in [9.17, 15) is 4.11 Å². The van der Waals surface area contributed by atoms with Crippen molar-refractivity contribution in [2.45, 2.75) is 0 Å². The molecule has 5 nitrogen and oxygen atoms in total. The first-order chi connectivity index (χ1) is 30.2. The molecule has 0 fully saturated rings. The maximum absolute atomic E-state index is 9.48. The normalized spacial score (nSPS) is 15.2. The molecule has 0 atom stereocenters. The van der Waals surface area contributed by atoms with Crippen LogP contribution >= 0.6 is 0 Å². The third kappa shape index (κ3) is 4.45. The van der Waals surface area contributed by atoms with E-state index in [-0.39, 0.29) is 120 Å². The van der Waals surface area contributed by atoms with Gasteiger partial charge in [-0.15, -0.1) is 0 Å². The molecule has 50 heavy (non-hydrogen) atoms. The molecule has 5 heteroatoms. The molecule has 10 rings (SSSR count). The first-order valence-electron chi connectivity index (χ1n) is 22.1. The van der Waals surface area contributed by atoms with E-state index in [1.165, 1.54) is 4.57 Å². The number of aromatic nitrogens is 4. The lowest BCUT2D eigenvalue weighted by atomic mass is 9.97. The van der Waals surface area contributed by atoms with Crippen LogP contribution in [0.15, 0.2) is 174 Å². The van der Waals surface area contributed by atoms with Crippen LogP contribution in [0.3, 0.4) is 0 Å². The van der Waals surface area contributed by atoms with Crippen LogP contribution in [0, 0.1) is 0 Å². The number of hydrogen-bond acceptors (Lipinski definition) is 4. The summed E-state index contributed by atoms with van der Waals surface area (Å²) in [4.78, 5) is 14.8. The molecule has 0 saturated carbocycles. The molecular formula is C45H28N4O. The SMILES string of the molecule is [2H]c1cc([2H])c2c(c1[2H])c1c([2H])c([2H])cc([2H])c1n2-c1c(-c2nc(-c3ccccc3)nc(-c3ccccc3)n2)cccc1-c1c([2H])c([2H])c([2H])c2c1oc1c([2H])c([2H])c([2H])c([2H])c12. The Bertz CT molecular complexity index is 3480. The molecule has 0 aliphatic rings. The summed E-state index contributed by atoms with van der Waals surface area (Å²) in [6.07, 6.45) is 0. The molecule has 0 bridgehead atoms. The molecular weight excluding hydrogens is 613 g/mol. The third-order valence-electron chi connectivity index (χ3n) is 8.53. The Morgan fingerprint density at radius 1 is 0.440 bits per heavy atom. The van der Waals surface area contributed by atoms with Crippen LogP contribution in [-0.4, -0.2) is 19.5 Å². The van der Waals surface area contributed by atoms with Crippen molar-refractivity contribution < 1.29 is 22.2 Å². The van der Waals surface area contributed by atoms with Crippen molar-refractivity contribution in [3.8, 4) is 51.0 Å². The highest BCUT2D eigenvalue weighted by Gasteiger charge is 2.24. The van der Waals surface area contributed by atoms with Gasteiger partial charge in [0.15, 0.2) is 17.5 Å². The van der Waals surface area contributed by atoms with Gasteiger partial charge < -0.3 is 8.98 Å². The average Bonchev–Trinajstić information content (AvgIpc) is 3.87. The fourth-order valence-electron chi connectivity index (χ4n) is 6.35. The zero-order chi connectivity index (χ0) is 44.3. The number of benzene rings is 7. The van der Waals surface area contributed by atoms with E-state index < -0.39 is 42.3 Å². The predicted octanol–water partition coefficient (Wildman–Crippen LogP) is 11.5. The summed E-state index contributed by atoms with van der Waals surface area (Å²) in [7, 11) is 0. The summed E-state index contributed by atoms with van der Waals surface area (Å²) in [5, 5.41) is -0.403. The van der Waals surface area contributed by atoms with E-state index in [2.05, 4.69) is 0 Å². The van der Waals surface area contributed by atoms with Gasteiger partial charge in [0.25, 0.3) is 0 Å². The van der Waals surface area contributed by atoms with Crippen molar-refractivity contribution in [1.29, 1.82) is 0 Å². The van der Waals surface area contributed by atoms with Gasteiger partial charge in [-0.2, -0.15) is 0 Å². The Morgan fingerprint density at radius 3 is 1.70 bits per heavy atom. The molecule has 0 radical (unpaired) electrons. The summed E-state index contributed by atoms with van der Waals surface area (Å²) in [6, 6.07) is 19.7. The van der Waals surface area contributed by atoms with Gasteiger partial charge in [0.05, 0.1) is 34.5 Å². The molecule has 0 unspecified atom stereocenters. The Balaban J connectivity index is 1.46. The number of hydrogen-bond donors (Lipinski definition) is 0. The molecule has 3 heterocycles. The van der Waals surface area contributed by atoms with Crippen molar-refractivity contribution >= 4 is 43.7 Å². The summed E-state index contributed by atoms with van der Waals surface area (Å²) < 4.78 is 124. The van der Waals surface area contributed by atoms with Crippen molar-refractivity contribution in [2.75, 3.05) is 0 Å². The summed E-state index contributed by atoms with van der Waals surface area (Å²) in [5.41, 5.74) is 0.934. The predicted molar refractivity (Wildman–Crippen MR) is 203 cm³/mol.